The van der Waals surface area contributed by atoms with Gasteiger partial charge in [0.15, 0.2) is 0 Å². The van der Waals surface area contributed by atoms with E-state index in [0.717, 1.165) is 38.5 Å². The molecule has 0 aromatic carbocycles. The Morgan fingerprint density at radius 3 is 1.96 bits per heavy atom. The minimum absolute atomic E-state index is 0.0752. The molecule has 3 heteroatoms. The van der Waals surface area contributed by atoms with Crippen LogP contribution in [0, 0.1) is 0 Å². The molecule has 0 radical (unpaired) electrons. The van der Waals surface area contributed by atoms with Gasteiger partial charge in [-0.05, 0) is 37.1 Å². The SMILES string of the molecule is CCCCCC[C@H](O)C/C=C\CCCCCCCC(O)[Si](C)(C)C(C)(C)C. The highest BCUT2D eigenvalue weighted by Gasteiger charge is 2.40. The Bertz CT molecular complexity index is 371. The molecule has 0 bridgehead atoms. The van der Waals surface area contributed by atoms with Gasteiger partial charge in [-0.1, -0.05) is 104 Å². The zero-order chi connectivity index (χ0) is 20.8. The Hall–Kier alpha value is -0.123. The summed E-state index contributed by atoms with van der Waals surface area (Å²) in [4.78, 5) is 0. The van der Waals surface area contributed by atoms with Gasteiger partial charge in [0.25, 0.3) is 0 Å². The van der Waals surface area contributed by atoms with Crippen LogP contribution in [0.1, 0.15) is 111 Å². The number of unbranched alkanes of at least 4 members (excludes halogenated alkanes) is 8. The van der Waals surface area contributed by atoms with Gasteiger partial charge in [0.1, 0.15) is 0 Å². The van der Waals surface area contributed by atoms with E-state index in [4.69, 9.17) is 0 Å². The third-order valence-corrected chi connectivity index (χ3v) is 12.4. The van der Waals surface area contributed by atoms with E-state index in [2.05, 4.69) is 52.9 Å². The van der Waals surface area contributed by atoms with Gasteiger partial charge in [-0.25, -0.2) is 0 Å². The fourth-order valence-corrected chi connectivity index (χ4v) is 5.21. The van der Waals surface area contributed by atoms with Crippen molar-refractivity contribution >= 4 is 8.07 Å². The molecule has 0 heterocycles. The van der Waals surface area contributed by atoms with Crippen molar-refractivity contribution in [2.45, 2.75) is 141 Å². The summed E-state index contributed by atoms with van der Waals surface area (Å²) in [6.07, 6.45) is 19.3. The average Bonchev–Trinajstić information content (AvgIpc) is 2.59. The summed E-state index contributed by atoms with van der Waals surface area (Å²) in [5.74, 6) is 0. The molecule has 2 nitrogen and oxygen atoms in total. The first-order chi connectivity index (χ1) is 12.6. The second-order valence-electron chi connectivity index (χ2n) is 10.0. The fourth-order valence-electron chi connectivity index (χ4n) is 3.29. The molecule has 2 atom stereocenters. The zero-order valence-electron chi connectivity index (χ0n) is 19.4. The van der Waals surface area contributed by atoms with Crippen LogP contribution in [0.3, 0.4) is 0 Å². The Morgan fingerprint density at radius 2 is 1.33 bits per heavy atom. The fraction of sp³-hybridized carbons (Fsp3) is 0.917. The molecule has 0 saturated carbocycles. The second-order valence-corrected chi connectivity index (χ2v) is 15.7. The summed E-state index contributed by atoms with van der Waals surface area (Å²) in [5.41, 5.74) is -0.0752. The number of aliphatic hydroxyl groups excluding tert-OH is 2. The first kappa shape index (κ1) is 26.9. The molecule has 2 N–H and O–H groups in total. The molecule has 0 fully saturated rings. The van der Waals surface area contributed by atoms with Crippen molar-refractivity contribution in [1.29, 1.82) is 0 Å². The summed E-state index contributed by atoms with van der Waals surface area (Å²) in [6.45, 7) is 13.7. The van der Waals surface area contributed by atoms with Crippen LogP contribution < -0.4 is 0 Å². The highest BCUT2D eigenvalue weighted by atomic mass is 28.3. The Kier molecular flexibility index (Phi) is 14.7. The lowest BCUT2D eigenvalue weighted by molar-refractivity contribution is 0.163. The number of allylic oxidation sites excluding steroid dienone is 1. The van der Waals surface area contributed by atoms with Crippen LogP contribution in [0.5, 0.6) is 0 Å². The van der Waals surface area contributed by atoms with Crippen molar-refractivity contribution in [3.05, 3.63) is 12.2 Å². The summed E-state index contributed by atoms with van der Waals surface area (Å²) < 4.78 is 0. The van der Waals surface area contributed by atoms with E-state index in [1.165, 1.54) is 44.9 Å². The molecule has 0 aromatic rings. The normalized spacial score (nSPS) is 15.4. The third-order valence-electron chi connectivity index (χ3n) is 6.58. The molecule has 162 valence electrons. The van der Waals surface area contributed by atoms with Crippen LogP contribution in [0.2, 0.25) is 18.1 Å². The summed E-state index contributed by atoms with van der Waals surface area (Å²) in [6, 6.07) is 0. The molecular weight excluding hydrogens is 348 g/mol. The van der Waals surface area contributed by atoms with Crippen molar-refractivity contribution in [2.24, 2.45) is 0 Å². The van der Waals surface area contributed by atoms with Gasteiger partial charge in [-0.3, -0.25) is 0 Å². The molecule has 0 aliphatic heterocycles. The van der Waals surface area contributed by atoms with Crippen molar-refractivity contribution in [3.8, 4) is 0 Å². The zero-order valence-corrected chi connectivity index (χ0v) is 20.4. The van der Waals surface area contributed by atoms with Gasteiger partial charge in [0.05, 0.1) is 14.2 Å². The van der Waals surface area contributed by atoms with Crippen LogP contribution in [0.4, 0.5) is 0 Å². The molecule has 0 aliphatic rings. The molecule has 0 aliphatic carbocycles. The molecular formula is C24H50O2Si. The number of hydrogen-bond donors (Lipinski definition) is 2. The van der Waals surface area contributed by atoms with E-state index in [9.17, 15) is 10.2 Å². The molecule has 0 rings (SSSR count). The van der Waals surface area contributed by atoms with Gasteiger partial charge >= 0.3 is 0 Å². The van der Waals surface area contributed by atoms with E-state index in [0.29, 0.717) is 0 Å². The lowest BCUT2D eigenvalue weighted by Gasteiger charge is -2.40. The minimum atomic E-state index is -1.60. The van der Waals surface area contributed by atoms with E-state index in [1.54, 1.807) is 0 Å². The monoisotopic (exact) mass is 398 g/mol. The Balaban J connectivity index is 3.59. The standard InChI is InChI=1S/C24H50O2Si/c1-7-8-9-16-19-22(25)20-17-14-12-10-11-13-15-18-21-23(26)27(5,6)24(2,3)4/h14,17,22-23,25-26H,7-13,15-16,18-21H2,1-6H3/b17-14-/t22-,23?/m0/s1. The highest BCUT2D eigenvalue weighted by molar-refractivity contribution is 6.81. The Labute approximate surface area is 171 Å². The lowest BCUT2D eigenvalue weighted by atomic mass is 10.1. The van der Waals surface area contributed by atoms with E-state index in [-0.39, 0.29) is 16.9 Å². The predicted octanol–water partition coefficient (Wildman–Crippen LogP) is 7.40. The maximum atomic E-state index is 10.6. The molecule has 27 heavy (non-hydrogen) atoms. The van der Waals surface area contributed by atoms with E-state index in [1.807, 2.05) is 0 Å². The van der Waals surface area contributed by atoms with Gasteiger partial charge in [0.2, 0.25) is 0 Å². The van der Waals surface area contributed by atoms with Crippen LogP contribution in [0.15, 0.2) is 12.2 Å². The van der Waals surface area contributed by atoms with Crippen LogP contribution >= 0.6 is 0 Å². The maximum Gasteiger partial charge on any atom is 0.0864 e. The number of rotatable bonds is 16. The number of aliphatic hydroxyl groups is 2. The van der Waals surface area contributed by atoms with Gasteiger partial charge in [-0.2, -0.15) is 0 Å². The molecule has 0 saturated heterocycles. The molecule has 0 amide bonds. The van der Waals surface area contributed by atoms with Gasteiger partial charge in [0, 0.05) is 5.73 Å². The van der Waals surface area contributed by atoms with E-state index >= 15 is 0 Å². The molecule has 1 unspecified atom stereocenters. The average molecular weight is 399 g/mol. The first-order valence-corrected chi connectivity index (χ1v) is 14.7. The molecule has 0 aromatic heterocycles. The summed E-state index contributed by atoms with van der Waals surface area (Å²) >= 11 is 0. The quantitative estimate of drug-likeness (QED) is 0.161. The summed E-state index contributed by atoms with van der Waals surface area (Å²) in [5, 5.41) is 20.8. The van der Waals surface area contributed by atoms with Crippen LogP contribution in [0.25, 0.3) is 0 Å². The number of hydrogen-bond acceptors (Lipinski definition) is 2. The highest BCUT2D eigenvalue weighted by Crippen LogP contribution is 2.39. The van der Waals surface area contributed by atoms with Gasteiger partial charge in [-0.15, -0.1) is 0 Å². The Morgan fingerprint density at radius 1 is 0.778 bits per heavy atom. The van der Waals surface area contributed by atoms with Crippen molar-refractivity contribution in [3.63, 3.8) is 0 Å². The van der Waals surface area contributed by atoms with Crippen LogP contribution in [-0.2, 0) is 0 Å². The minimum Gasteiger partial charge on any atom is -0.397 e. The maximum absolute atomic E-state index is 10.6. The third kappa shape index (κ3) is 12.9. The van der Waals surface area contributed by atoms with Crippen molar-refractivity contribution < 1.29 is 10.2 Å². The summed E-state index contributed by atoms with van der Waals surface area (Å²) in [7, 11) is -1.60. The van der Waals surface area contributed by atoms with Crippen molar-refractivity contribution in [2.75, 3.05) is 0 Å². The predicted molar refractivity (Wildman–Crippen MR) is 124 cm³/mol. The van der Waals surface area contributed by atoms with Crippen LogP contribution in [-0.4, -0.2) is 30.1 Å². The molecule has 0 spiro atoms. The smallest absolute Gasteiger partial charge is 0.0864 e. The van der Waals surface area contributed by atoms with Crippen molar-refractivity contribution in [1.82, 2.24) is 0 Å². The van der Waals surface area contributed by atoms with E-state index < -0.39 is 8.07 Å². The largest absolute Gasteiger partial charge is 0.397 e. The topological polar surface area (TPSA) is 40.5 Å². The first-order valence-electron chi connectivity index (χ1n) is 11.6. The lowest BCUT2D eigenvalue weighted by Crippen LogP contribution is -2.49. The van der Waals surface area contributed by atoms with Gasteiger partial charge < -0.3 is 10.2 Å². The second kappa shape index (κ2) is 14.8.